The molecule has 4 aromatic heterocycles. The van der Waals surface area contributed by atoms with Crippen molar-refractivity contribution >= 4 is 101 Å². The van der Waals surface area contributed by atoms with Gasteiger partial charge in [0.25, 0.3) is 0 Å². The number of thiophene rings is 1. The van der Waals surface area contributed by atoms with E-state index in [9.17, 15) is 0 Å². The van der Waals surface area contributed by atoms with Gasteiger partial charge in [-0.15, -0.1) is 0 Å². The van der Waals surface area contributed by atoms with E-state index >= 15 is 0 Å². The summed E-state index contributed by atoms with van der Waals surface area (Å²) in [4.78, 5) is 7.48. The van der Waals surface area contributed by atoms with E-state index in [1.54, 1.807) is 20.2 Å². The van der Waals surface area contributed by atoms with Gasteiger partial charge in [-0.25, -0.2) is 0 Å². The van der Waals surface area contributed by atoms with Gasteiger partial charge in [0.05, 0.1) is 0 Å². The first kappa shape index (κ1) is 31.6. The van der Waals surface area contributed by atoms with Gasteiger partial charge in [-0.2, -0.15) is 0 Å². The predicted molar refractivity (Wildman–Crippen MR) is 239 cm³/mol. The number of benzene rings is 7. The summed E-state index contributed by atoms with van der Waals surface area (Å²) in [6.45, 7) is 0. The molecule has 5 heteroatoms. The molecule has 56 heavy (non-hydrogen) atoms. The summed E-state index contributed by atoms with van der Waals surface area (Å²) < 4.78 is 5.72. The summed E-state index contributed by atoms with van der Waals surface area (Å²) in [7, 11) is 0. The van der Waals surface area contributed by atoms with E-state index in [4.69, 9.17) is 0 Å². The molecule has 0 bridgehead atoms. The van der Waals surface area contributed by atoms with Crippen LogP contribution in [0.5, 0.6) is 0 Å². The Labute approximate surface area is 339 Å². The van der Waals surface area contributed by atoms with Gasteiger partial charge in [-0.3, -0.25) is 0 Å². The Balaban J connectivity index is 1.12. The molecule has 1 aliphatic heterocycles. The first-order valence-electron chi connectivity index (χ1n) is 19.0. The van der Waals surface area contributed by atoms with Crippen LogP contribution < -0.4 is 4.90 Å². The molecule has 2 nitrogen and oxygen atoms in total. The third-order valence-electron chi connectivity index (χ3n) is 12.2. The number of fused-ring (bicyclic) bond motifs is 14. The van der Waals surface area contributed by atoms with Gasteiger partial charge in [0, 0.05) is 0 Å². The Hall–Kier alpha value is -5.64. The van der Waals surface area contributed by atoms with Crippen LogP contribution in [0.15, 0.2) is 179 Å². The second-order valence-corrected chi connectivity index (χ2v) is 19.6. The zero-order valence-corrected chi connectivity index (χ0v) is 34.2. The number of nitrogens with zero attached hydrogens (tertiary/aromatic N) is 2. The van der Waals surface area contributed by atoms with Gasteiger partial charge >= 0.3 is 277 Å². The Bertz CT molecular complexity index is 3290. The standard InChI is InChI=1S/C51H30N2SSe2/c1-3-12-35-32(10-1)28-33-11-2-4-13-36(33)48(35)31-19-21-34(22-20-31)52-44-17-8-6-15-39(44)51(40-23-26-55-49(40)50-41(51)24-27-56-50)42-30-45-38(29-46(42)52)37-14-5-7-16-43(37)53(45)47-18-9-25-54-47/h1-30H. The van der Waals surface area contributed by atoms with E-state index in [1.165, 1.54) is 98.8 Å². The van der Waals surface area contributed by atoms with Crippen LogP contribution in [-0.2, 0) is 5.41 Å². The molecule has 0 fully saturated rings. The summed E-state index contributed by atoms with van der Waals surface area (Å²) in [5.41, 5.74) is 14.1. The molecule has 0 N–H and O–H groups in total. The Morgan fingerprint density at radius 3 is 1.84 bits per heavy atom. The third kappa shape index (κ3) is 4.06. The number of aromatic nitrogens is 1. The first-order chi connectivity index (χ1) is 27.8. The number of anilines is 3. The molecule has 1 aliphatic carbocycles. The second-order valence-electron chi connectivity index (χ2n) is 14.9. The van der Waals surface area contributed by atoms with Crippen molar-refractivity contribution in [2.45, 2.75) is 5.41 Å². The molecular formula is C51H30N2SSe2. The molecule has 0 atom stereocenters. The van der Waals surface area contributed by atoms with Gasteiger partial charge in [-0.1, -0.05) is 48.5 Å². The maximum atomic E-state index is 2.57. The number of hydrogen-bond donors (Lipinski definition) is 0. The van der Waals surface area contributed by atoms with Crippen LogP contribution in [-0.4, -0.2) is 33.6 Å². The summed E-state index contributed by atoms with van der Waals surface area (Å²) in [6, 6.07) is 62.0. The molecule has 5 heterocycles. The summed E-state index contributed by atoms with van der Waals surface area (Å²) in [6.07, 6.45) is 0. The van der Waals surface area contributed by atoms with Crippen molar-refractivity contribution in [3.05, 3.63) is 201 Å². The average Bonchev–Trinajstić information content (AvgIpc) is 4.10. The number of hydrogen-bond acceptors (Lipinski definition) is 2. The van der Waals surface area contributed by atoms with Crippen LogP contribution in [0.2, 0.25) is 0 Å². The fraction of sp³-hybridized carbons (Fsp3) is 0.0196. The average molecular weight is 861 g/mol. The van der Waals surface area contributed by atoms with Crippen LogP contribution in [0.1, 0.15) is 22.3 Å². The summed E-state index contributed by atoms with van der Waals surface area (Å²) in [5.74, 6) is 0. The molecule has 262 valence electrons. The topological polar surface area (TPSA) is 8.17 Å². The van der Waals surface area contributed by atoms with Crippen LogP contribution in [0.3, 0.4) is 0 Å². The molecule has 7 aromatic carbocycles. The maximum absolute atomic E-state index is 2.57. The van der Waals surface area contributed by atoms with E-state index < -0.39 is 0 Å². The second kappa shape index (κ2) is 11.7. The van der Waals surface area contributed by atoms with Crippen molar-refractivity contribution in [2.75, 3.05) is 4.90 Å². The quantitative estimate of drug-likeness (QED) is 0.127. The van der Waals surface area contributed by atoms with Gasteiger partial charge in [0.15, 0.2) is 0 Å². The van der Waals surface area contributed by atoms with Crippen LogP contribution >= 0.6 is 11.3 Å². The minimum atomic E-state index is -0.372. The monoisotopic (exact) mass is 862 g/mol. The molecule has 11 aromatic rings. The number of para-hydroxylation sites is 2. The van der Waals surface area contributed by atoms with Gasteiger partial charge in [0.2, 0.25) is 0 Å². The van der Waals surface area contributed by atoms with Crippen LogP contribution in [0.4, 0.5) is 17.1 Å². The molecule has 1 spiro atoms. The third-order valence-corrected chi connectivity index (χ3v) is 17.7. The van der Waals surface area contributed by atoms with Crippen LogP contribution in [0.25, 0.3) is 68.4 Å². The molecule has 0 saturated carbocycles. The van der Waals surface area contributed by atoms with E-state index in [0.29, 0.717) is 29.0 Å². The molecule has 0 saturated heterocycles. The van der Waals surface area contributed by atoms with Gasteiger partial charge in [0.1, 0.15) is 0 Å². The normalized spacial score (nSPS) is 13.8. The minimum absolute atomic E-state index is 0.344. The van der Waals surface area contributed by atoms with E-state index in [-0.39, 0.29) is 5.41 Å². The van der Waals surface area contributed by atoms with Crippen molar-refractivity contribution in [3.8, 4) is 25.0 Å². The predicted octanol–water partition coefficient (Wildman–Crippen LogP) is 13.1. The Kier molecular flexibility index (Phi) is 6.59. The van der Waals surface area contributed by atoms with Crippen molar-refractivity contribution in [1.82, 2.24) is 4.57 Å². The van der Waals surface area contributed by atoms with Crippen molar-refractivity contribution in [1.29, 1.82) is 0 Å². The Morgan fingerprint density at radius 1 is 0.464 bits per heavy atom. The number of rotatable bonds is 3. The molecular weight excluding hydrogens is 831 g/mol. The summed E-state index contributed by atoms with van der Waals surface area (Å²) >= 11 is 2.49. The first-order valence-corrected chi connectivity index (χ1v) is 23.5. The van der Waals surface area contributed by atoms with Crippen molar-refractivity contribution in [2.24, 2.45) is 0 Å². The van der Waals surface area contributed by atoms with E-state index in [0.717, 1.165) is 0 Å². The zero-order valence-electron chi connectivity index (χ0n) is 29.9. The van der Waals surface area contributed by atoms with Gasteiger partial charge < -0.3 is 0 Å². The molecule has 0 amide bonds. The van der Waals surface area contributed by atoms with Gasteiger partial charge in [-0.05, 0) is 16.8 Å². The van der Waals surface area contributed by atoms with Crippen LogP contribution in [0, 0.1) is 0 Å². The molecule has 0 radical (unpaired) electrons. The van der Waals surface area contributed by atoms with Crippen molar-refractivity contribution < 1.29 is 0 Å². The van der Waals surface area contributed by atoms with Crippen molar-refractivity contribution in [3.63, 3.8) is 0 Å². The zero-order chi connectivity index (χ0) is 36.5. The fourth-order valence-electron chi connectivity index (χ4n) is 10.1. The SMILES string of the molecule is c1csc(-n2c3ccccc3c3cc4c(cc32)C2(c3ccccc3N4c3ccc(-c4c5ccccc5cc5ccccc45)cc3)c3cc[se]c3-c3[se]ccc32)c1. The summed E-state index contributed by atoms with van der Waals surface area (Å²) in [5, 5.41) is 11.1. The molecule has 2 aliphatic rings. The Morgan fingerprint density at radius 2 is 1.12 bits per heavy atom. The molecule has 13 rings (SSSR count). The van der Waals surface area contributed by atoms with E-state index in [2.05, 4.69) is 189 Å². The fourth-order valence-corrected chi connectivity index (χ4v) is 15.7. The molecule has 0 unspecified atom stereocenters. The van der Waals surface area contributed by atoms with E-state index in [1.807, 2.05) is 0 Å².